The molecule has 160 valence electrons. The van der Waals surface area contributed by atoms with Crippen LogP contribution in [0.25, 0.3) is 0 Å². The summed E-state index contributed by atoms with van der Waals surface area (Å²) in [5, 5.41) is 0. The Kier molecular flexibility index (Phi) is 9.63. The molecular weight excluding hydrogens is 392 g/mol. The Hall–Kier alpha value is -3.10. The third-order valence-electron chi connectivity index (χ3n) is 3.62. The zero-order chi connectivity index (χ0) is 21.8. The van der Waals surface area contributed by atoms with E-state index in [0.717, 1.165) is 0 Å². The Morgan fingerprint density at radius 2 is 1.17 bits per heavy atom. The van der Waals surface area contributed by atoms with Crippen LogP contribution in [0.1, 0.15) is 47.4 Å². The predicted molar refractivity (Wildman–Crippen MR) is 106 cm³/mol. The van der Waals surface area contributed by atoms with E-state index in [4.69, 9.17) is 29.0 Å². The topological polar surface area (TPSA) is 89.5 Å². The van der Waals surface area contributed by atoms with Gasteiger partial charge in [-0.05, 0) is 44.5 Å². The Morgan fingerprint density at radius 1 is 0.733 bits per heavy atom. The summed E-state index contributed by atoms with van der Waals surface area (Å²) in [5.74, 6) is -0.881. The van der Waals surface area contributed by atoms with Gasteiger partial charge in [0.25, 0.3) is 0 Å². The van der Waals surface area contributed by atoms with E-state index in [-0.39, 0.29) is 23.8 Å². The van der Waals surface area contributed by atoms with Gasteiger partial charge in [0, 0.05) is 6.42 Å². The largest absolute Gasteiger partial charge is 0.493 e. The lowest BCUT2D eigenvalue weighted by atomic mass is 10.2. The number of hydrogen-bond acceptors (Lipinski definition) is 8. The maximum atomic E-state index is 12.3. The number of hydrogen-bond donors (Lipinski definition) is 0. The summed E-state index contributed by atoms with van der Waals surface area (Å²) in [6.07, 6.45) is 0.227. The van der Waals surface area contributed by atoms with Gasteiger partial charge < -0.3 is 9.47 Å². The van der Waals surface area contributed by atoms with Crippen molar-refractivity contribution in [1.29, 1.82) is 0 Å². The van der Waals surface area contributed by atoms with Gasteiger partial charge in [0.2, 0.25) is 0 Å². The number of rotatable bonds is 12. The number of carbonyl (C=O) groups is 2. The third-order valence-corrected chi connectivity index (χ3v) is 3.62. The first-order valence-electron chi connectivity index (χ1n) is 9.47. The summed E-state index contributed by atoms with van der Waals surface area (Å²) in [6.45, 7) is 8.03. The molecule has 0 saturated heterocycles. The fourth-order valence-electron chi connectivity index (χ4n) is 2.33. The lowest BCUT2D eigenvalue weighted by molar-refractivity contribution is -0.363. The van der Waals surface area contributed by atoms with Crippen LogP contribution in [0.2, 0.25) is 0 Å². The van der Waals surface area contributed by atoms with Crippen LogP contribution in [0, 0.1) is 13.2 Å². The van der Waals surface area contributed by atoms with Crippen LogP contribution in [0.5, 0.6) is 11.5 Å². The van der Waals surface area contributed by atoms with Crippen molar-refractivity contribution in [3.8, 4) is 11.5 Å². The van der Waals surface area contributed by atoms with Crippen molar-refractivity contribution in [1.82, 2.24) is 0 Å². The van der Waals surface area contributed by atoms with Crippen molar-refractivity contribution in [2.45, 2.75) is 26.7 Å². The molecule has 0 bridgehead atoms. The van der Waals surface area contributed by atoms with E-state index < -0.39 is 11.9 Å². The molecule has 0 spiro atoms. The summed E-state index contributed by atoms with van der Waals surface area (Å²) in [7, 11) is 0. The van der Waals surface area contributed by atoms with Gasteiger partial charge in [-0.15, -0.1) is 9.78 Å². The maximum absolute atomic E-state index is 12.3. The highest BCUT2D eigenvalue weighted by atomic mass is 17.3. The standard InChI is InChI=1S/C22H24O8/c1-4-11-20(27-29-21(23)16-12-7-9-14-18(16)25-5-2)28-30-22(24)17-13-8-10-15-19(17)26-6-3/h7-10,12-15H,1,4-6,11H2,2-3H3. The van der Waals surface area contributed by atoms with E-state index in [2.05, 4.69) is 6.92 Å². The highest BCUT2D eigenvalue weighted by molar-refractivity contribution is 5.92. The molecule has 0 aliphatic heterocycles. The lowest BCUT2D eigenvalue weighted by Gasteiger charge is -2.14. The van der Waals surface area contributed by atoms with E-state index in [0.29, 0.717) is 31.1 Å². The van der Waals surface area contributed by atoms with E-state index >= 15 is 0 Å². The van der Waals surface area contributed by atoms with E-state index in [9.17, 15) is 9.59 Å². The molecule has 0 aliphatic carbocycles. The van der Waals surface area contributed by atoms with Crippen LogP contribution in [0.4, 0.5) is 0 Å². The molecule has 0 amide bonds. The number of benzene rings is 2. The molecule has 0 fully saturated rings. The van der Waals surface area contributed by atoms with Crippen LogP contribution in [0.15, 0.2) is 48.5 Å². The zero-order valence-corrected chi connectivity index (χ0v) is 16.9. The molecule has 8 nitrogen and oxygen atoms in total. The summed E-state index contributed by atoms with van der Waals surface area (Å²) < 4.78 is 10.8. The van der Waals surface area contributed by atoms with Gasteiger partial charge in [0.05, 0.1) is 13.2 Å². The Morgan fingerprint density at radius 3 is 1.57 bits per heavy atom. The van der Waals surface area contributed by atoms with Gasteiger partial charge in [0.1, 0.15) is 22.6 Å². The molecule has 0 atom stereocenters. The van der Waals surface area contributed by atoms with Crippen LogP contribution in [-0.4, -0.2) is 25.2 Å². The zero-order valence-electron chi connectivity index (χ0n) is 16.9. The Bertz CT molecular complexity index is 755. The molecule has 2 radical (unpaired) electrons. The minimum Gasteiger partial charge on any atom is -0.493 e. The predicted octanol–water partition coefficient (Wildman–Crippen LogP) is 4.46. The number of para-hydroxylation sites is 2. The van der Waals surface area contributed by atoms with Crippen molar-refractivity contribution in [3.63, 3.8) is 0 Å². The number of carbonyl (C=O) groups excluding carboxylic acids is 2. The van der Waals surface area contributed by atoms with Crippen molar-refractivity contribution in [2.24, 2.45) is 0 Å². The first-order chi connectivity index (χ1) is 14.6. The summed E-state index contributed by atoms with van der Waals surface area (Å²) >= 11 is 0. The maximum Gasteiger partial charge on any atom is 0.376 e. The van der Waals surface area contributed by atoms with Gasteiger partial charge in [-0.1, -0.05) is 31.2 Å². The smallest absolute Gasteiger partial charge is 0.376 e. The minimum atomic E-state index is -0.794. The van der Waals surface area contributed by atoms with Crippen LogP contribution < -0.4 is 9.47 Å². The monoisotopic (exact) mass is 416 g/mol. The van der Waals surface area contributed by atoms with Crippen molar-refractivity contribution in [2.75, 3.05) is 13.2 Å². The van der Waals surface area contributed by atoms with Gasteiger partial charge >= 0.3 is 18.2 Å². The molecule has 8 heteroatoms. The Labute approximate surface area is 175 Å². The SMILES string of the molecule is [CH2]CC[C](OOC(=O)c1ccccc1OCC)OOC(=O)c1ccccc1OCC. The third kappa shape index (κ3) is 6.75. The highest BCUT2D eigenvalue weighted by Gasteiger charge is 2.23. The highest BCUT2D eigenvalue weighted by Crippen LogP contribution is 2.23. The molecular formula is C22H24O8. The molecule has 2 rings (SSSR count). The second-order valence-corrected chi connectivity index (χ2v) is 5.74. The normalized spacial score (nSPS) is 10.5. The van der Waals surface area contributed by atoms with Gasteiger partial charge in [-0.3, -0.25) is 9.78 Å². The van der Waals surface area contributed by atoms with E-state index in [1.165, 1.54) is 12.1 Å². The Balaban J connectivity index is 1.95. The minimum absolute atomic E-state index is 0.126. The molecule has 2 aromatic rings. The first kappa shape index (κ1) is 23.2. The van der Waals surface area contributed by atoms with Gasteiger partial charge in [0.15, 0.2) is 0 Å². The lowest BCUT2D eigenvalue weighted by Crippen LogP contribution is -2.17. The average Bonchev–Trinajstić information content (AvgIpc) is 2.76. The summed E-state index contributed by atoms with van der Waals surface area (Å²) in [4.78, 5) is 44.1. The summed E-state index contributed by atoms with van der Waals surface area (Å²) in [6, 6.07) is 13.1. The van der Waals surface area contributed by atoms with Crippen molar-refractivity contribution < 1.29 is 38.6 Å². The van der Waals surface area contributed by atoms with E-state index in [1.54, 1.807) is 50.2 Å². The molecule has 0 aliphatic rings. The van der Waals surface area contributed by atoms with Crippen molar-refractivity contribution >= 4 is 11.9 Å². The van der Waals surface area contributed by atoms with Crippen LogP contribution >= 0.6 is 0 Å². The van der Waals surface area contributed by atoms with E-state index in [1.807, 2.05) is 0 Å². The van der Waals surface area contributed by atoms with Crippen LogP contribution in [0.3, 0.4) is 0 Å². The summed E-state index contributed by atoms with van der Waals surface area (Å²) in [5.41, 5.74) is 0.354. The molecule has 2 aromatic carbocycles. The molecule has 0 N–H and O–H groups in total. The average molecular weight is 416 g/mol. The van der Waals surface area contributed by atoms with Gasteiger partial charge in [-0.2, -0.15) is 0 Å². The second-order valence-electron chi connectivity index (χ2n) is 5.74. The molecule has 0 unspecified atom stereocenters. The molecule has 0 saturated carbocycles. The fraction of sp³-hybridized carbons (Fsp3) is 0.273. The quantitative estimate of drug-likeness (QED) is 0.370. The second kappa shape index (κ2) is 12.5. The number of ether oxygens (including phenoxy) is 2. The fourth-order valence-corrected chi connectivity index (χ4v) is 2.33. The first-order valence-corrected chi connectivity index (χ1v) is 9.47. The molecule has 0 aromatic heterocycles. The van der Waals surface area contributed by atoms with Crippen molar-refractivity contribution in [3.05, 3.63) is 72.9 Å². The molecule has 0 heterocycles. The molecule has 30 heavy (non-hydrogen) atoms. The van der Waals surface area contributed by atoms with Crippen LogP contribution in [-0.2, 0) is 19.6 Å². The van der Waals surface area contributed by atoms with Gasteiger partial charge in [-0.25, -0.2) is 9.59 Å².